The highest BCUT2D eigenvalue weighted by atomic mass is 16.5. The van der Waals surface area contributed by atoms with Gasteiger partial charge < -0.3 is 15.4 Å². The molecule has 0 saturated carbocycles. The number of unbranched alkanes of at least 4 members (excludes halogenated alkanes) is 1. The van der Waals surface area contributed by atoms with E-state index in [2.05, 4.69) is 17.6 Å². The Morgan fingerprint density at radius 2 is 1.84 bits per heavy atom. The third-order valence-corrected chi connectivity index (χ3v) is 2.73. The van der Waals surface area contributed by atoms with E-state index in [1.807, 2.05) is 12.1 Å². The summed E-state index contributed by atoms with van der Waals surface area (Å²) in [5, 5.41) is 6.67. The number of carbonyl (C=O) groups excluding carboxylic acids is 1. The molecule has 0 amide bonds. The molecule has 0 aliphatic carbocycles. The van der Waals surface area contributed by atoms with Gasteiger partial charge in [-0.05, 0) is 44.2 Å². The number of ether oxygens (including phenoxy) is 1. The maximum absolute atomic E-state index is 11.5. The fourth-order valence-corrected chi connectivity index (χ4v) is 1.66. The molecule has 1 aromatic rings. The molecule has 0 bridgehead atoms. The van der Waals surface area contributed by atoms with E-state index >= 15 is 0 Å². The number of esters is 1. The summed E-state index contributed by atoms with van der Waals surface area (Å²) in [4.78, 5) is 11.5. The number of carbonyl (C=O) groups is 1. The topological polar surface area (TPSA) is 50.4 Å². The van der Waals surface area contributed by atoms with Crippen molar-refractivity contribution in [3.8, 4) is 0 Å². The first-order valence-corrected chi connectivity index (χ1v) is 6.99. The number of benzene rings is 1. The highest BCUT2D eigenvalue weighted by molar-refractivity contribution is 5.89. The van der Waals surface area contributed by atoms with Gasteiger partial charge in [-0.3, -0.25) is 0 Å². The molecular formula is C15H24N2O2. The summed E-state index contributed by atoms with van der Waals surface area (Å²) in [7, 11) is 0. The molecule has 0 atom stereocenters. The fourth-order valence-electron chi connectivity index (χ4n) is 1.66. The molecule has 4 heteroatoms. The van der Waals surface area contributed by atoms with Crippen molar-refractivity contribution in [2.45, 2.75) is 26.7 Å². The van der Waals surface area contributed by atoms with Gasteiger partial charge in [-0.2, -0.15) is 0 Å². The maximum Gasteiger partial charge on any atom is 0.338 e. The molecule has 0 aromatic heterocycles. The first-order chi connectivity index (χ1) is 9.27. The molecule has 1 rings (SSSR count). The van der Waals surface area contributed by atoms with Gasteiger partial charge in [0.15, 0.2) is 0 Å². The molecule has 0 aliphatic rings. The van der Waals surface area contributed by atoms with Gasteiger partial charge in [0.2, 0.25) is 0 Å². The quantitative estimate of drug-likeness (QED) is 0.532. The fraction of sp³-hybridized carbons (Fsp3) is 0.533. The third kappa shape index (κ3) is 6.25. The van der Waals surface area contributed by atoms with Crippen molar-refractivity contribution in [2.75, 3.05) is 31.6 Å². The van der Waals surface area contributed by atoms with Crippen LogP contribution in [-0.4, -0.2) is 32.2 Å². The molecule has 1 aromatic carbocycles. The molecule has 0 aliphatic heterocycles. The highest BCUT2D eigenvalue weighted by Gasteiger charge is 2.04. The average molecular weight is 264 g/mol. The molecule has 0 saturated heterocycles. The van der Waals surface area contributed by atoms with E-state index in [1.54, 1.807) is 19.1 Å². The Bertz CT molecular complexity index is 363. The predicted molar refractivity (Wildman–Crippen MR) is 78.7 cm³/mol. The average Bonchev–Trinajstić information content (AvgIpc) is 2.43. The van der Waals surface area contributed by atoms with Crippen molar-refractivity contribution in [1.29, 1.82) is 0 Å². The smallest absolute Gasteiger partial charge is 0.338 e. The van der Waals surface area contributed by atoms with Crippen molar-refractivity contribution in [2.24, 2.45) is 0 Å². The largest absolute Gasteiger partial charge is 0.462 e. The van der Waals surface area contributed by atoms with Crippen LogP contribution >= 0.6 is 0 Å². The first-order valence-electron chi connectivity index (χ1n) is 6.99. The highest BCUT2D eigenvalue weighted by Crippen LogP contribution is 2.10. The molecular weight excluding hydrogens is 240 g/mol. The Kier molecular flexibility index (Phi) is 7.66. The second kappa shape index (κ2) is 9.39. The van der Waals surface area contributed by atoms with Crippen LogP contribution in [0.25, 0.3) is 0 Å². The Balaban J connectivity index is 2.26. The molecule has 106 valence electrons. The molecule has 19 heavy (non-hydrogen) atoms. The van der Waals surface area contributed by atoms with Crippen molar-refractivity contribution >= 4 is 11.7 Å². The number of nitrogens with one attached hydrogen (secondary N) is 2. The number of hydrogen-bond acceptors (Lipinski definition) is 4. The van der Waals surface area contributed by atoms with E-state index in [1.165, 1.54) is 12.8 Å². The second-order valence-corrected chi connectivity index (χ2v) is 4.33. The summed E-state index contributed by atoms with van der Waals surface area (Å²) in [5.41, 5.74) is 1.61. The Morgan fingerprint density at radius 1 is 1.11 bits per heavy atom. The monoisotopic (exact) mass is 264 g/mol. The van der Waals surface area contributed by atoms with Gasteiger partial charge in [-0.15, -0.1) is 0 Å². The van der Waals surface area contributed by atoms with Crippen LogP contribution in [0.5, 0.6) is 0 Å². The number of hydrogen-bond donors (Lipinski definition) is 2. The molecule has 0 unspecified atom stereocenters. The minimum absolute atomic E-state index is 0.268. The van der Waals surface area contributed by atoms with Gasteiger partial charge >= 0.3 is 5.97 Å². The van der Waals surface area contributed by atoms with Crippen LogP contribution in [0.15, 0.2) is 24.3 Å². The number of rotatable bonds is 9. The summed E-state index contributed by atoms with van der Waals surface area (Å²) in [6.45, 7) is 7.29. The van der Waals surface area contributed by atoms with Gasteiger partial charge in [0.1, 0.15) is 0 Å². The van der Waals surface area contributed by atoms with Crippen LogP contribution in [0.1, 0.15) is 37.0 Å². The molecule has 4 nitrogen and oxygen atoms in total. The first kappa shape index (κ1) is 15.5. The van der Waals surface area contributed by atoms with Crippen LogP contribution in [0.4, 0.5) is 5.69 Å². The lowest BCUT2D eigenvalue weighted by Crippen LogP contribution is -2.23. The van der Waals surface area contributed by atoms with E-state index in [0.29, 0.717) is 12.2 Å². The Hall–Kier alpha value is -1.55. The van der Waals surface area contributed by atoms with Crippen LogP contribution in [0, 0.1) is 0 Å². The minimum Gasteiger partial charge on any atom is -0.462 e. The normalized spacial score (nSPS) is 10.2. The second-order valence-electron chi connectivity index (χ2n) is 4.33. The Morgan fingerprint density at radius 3 is 2.47 bits per heavy atom. The lowest BCUT2D eigenvalue weighted by molar-refractivity contribution is 0.0526. The van der Waals surface area contributed by atoms with Crippen LogP contribution in [-0.2, 0) is 4.74 Å². The molecule has 0 spiro atoms. The summed E-state index contributed by atoms with van der Waals surface area (Å²) in [6, 6.07) is 7.37. The number of anilines is 1. The molecule has 0 heterocycles. The van der Waals surface area contributed by atoms with Crippen molar-refractivity contribution in [3.05, 3.63) is 29.8 Å². The zero-order chi connectivity index (χ0) is 13.9. The molecule has 0 fully saturated rings. The van der Waals surface area contributed by atoms with E-state index in [9.17, 15) is 4.79 Å². The van der Waals surface area contributed by atoms with Crippen LogP contribution in [0.3, 0.4) is 0 Å². The van der Waals surface area contributed by atoms with Gasteiger partial charge in [0.25, 0.3) is 0 Å². The van der Waals surface area contributed by atoms with Gasteiger partial charge in [-0.25, -0.2) is 4.79 Å². The van der Waals surface area contributed by atoms with Gasteiger partial charge in [-0.1, -0.05) is 13.3 Å². The summed E-state index contributed by atoms with van der Waals surface area (Å²) < 4.78 is 4.93. The van der Waals surface area contributed by atoms with E-state index in [-0.39, 0.29) is 5.97 Å². The lowest BCUT2D eigenvalue weighted by atomic mass is 10.2. The van der Waals surface area contributed by atoms with E-state index in [4.69, 9.17) is 4.74 Å². The summed E-state index contributed by atoms with van der Waals surface area (Å²) >= 11 is 0. The predicted octanol–water partition coefficient (Wildman–Crippen LogP) is 2.66. The van der Waals surface area contributed by atoms with Gasteiger partial charge in [0.05, 0.1) is 12.2 Å². The van der Waals surface area contributed by atoms with Gasteiger partial charge in [0, 0.05) is 18.8 Å². The molecule has 0 radical (unpaired) electrons. The SMILES string of the molecule is CCCCNCCNc1ccc(C(=O)OCC)cc1. The van der Waals surface area contributed by atoms with Crippen LogP contribution in [0.2, 0.25) is 0 Å². The van der Waals surface area contributed by atoms with E-state index < -0.39 is 0 Å². The van der Waals surface area contributed by atoms with Crippen molar-refractivity contribution in [3.63, 3.8) is 0 Å². The lowest BCUT2D eigenvalue weighted by Gasteiger charge is -2.08. The zero-order valence-corrected chi connectivity index (χ0v) is 11.9. The van der Waals surface area contributed by atoms with Crippen molar-refractivity contribution < 1.29 is 9.53 Å². The Labute approximate surface area is 115 Å². The van der Waals surface area contributed by atoms with Crippen LogP contribution < -0.4 is 10.6 Å². The standard InChI is InChI=1S/C15H24N2O2/c1-3-5-10-16-11-12-17-14-8-6-13(7-9-14)15(18)19-4-2/h6-9,16-17H,3-5,10-12H2,1-2H3. The minimum atomic E-state index is -0.268. The third-order valence-electron chi connectivity index (χ3n) is 2.73. The molecule has 2 N–H and O–H groups in total. The van der Waals surface area contributed by atoms with E-state index in [0.717, 1.165) is 25.3 Å². The summed E-state index contributed by atoms with van der Waals surface area (Å²) in [5.74, 6) is -0.268. The summed E-state index contributed by atoms with van der Waals surface area (Å²) in [6.07, 6.45) is 2.43. The maximum atomic E-state index is 11.5. The zero-order valence-electron chi connectivity index (χ0n) is 11.9. The van der Waals surface area contributed by atoms with Crippen molar-refractivity contribution in [1.82, 2.24) is 5.32 Å².